The van der Waals surface area contributed by atoms with Gasteiger partial charge in [-0.05, 0) is 75.0 Å². The molecule has 0 spiro atoms. The molecular weight excluding hydrogens is 913 g/mol. The zero-order valence-corrected chi connectivity index (χ0v) is 36.9. The molecule has 24 heteroatoms. The Balaban J connectivity index is 0.000000394. The average Bonchev–Trinajstić information content (AvgIpc) is 3.65. The molecule has 1 saturated carbocycles. The summed E-state index contributed by atoms with van der Waals surface area (Å²) in [7, 11) is -1.88. The number of nitrogens with one attached hydrogen (secondary N) is 1. The minimum Gasteiger partial charge on any atom is -0.478 e. The summed E-state index contributed by atoms with van der Waals surface area (Å²) < 4.78 is 46.1. The first kappa shape index (κ1) is 53.1. The van der Waals surface area contributed by atoms with Gasteiger partial charge in [0.1, 0.15) is 23.6 Å². The number of carboxylic acids is 6. The second-order valence-corrected chi connectivity index (χ2v) is 16.5. The summed E-state index contributed by atoms with van der Waals surface area (Å²) in [4.78, 5) is 71.1. The summed E-state index contributed by atoms with van der Waals surface area (Å²) in [5.41, 5.74) is 8.57. The number of carbonyl (C=O) groups is 6. The lowest BCUT2D eigenvalue weighted by atomic mass is 9.89. The number of hydrogen-bond acceptors (Lipinski definition) is 13. The van der Waals surface area contributed by atoms with Crippen molar-refractivity contribution in [1.29, 1.82) is 0 Å². The van der Waals surface area contributed by atoms with E-state index < -0.39 is 51.7 Å². The van der Waals surface area contributed by atoms with Gasteiger partial charge in [0.2, 0.25) is 0 Å². The van der Waals surface area contributed by atoms with Gasteiger partial charge < -0.3 is 45.8 Å². The zero-order valence-electron chi connectivity index (χ0n) is 35.3. The van der Waals surface area contributed by atoms with Crippen LogP contribution in [-0.2, 0) is 38.8 Å². The van der Waals surface area contributed by atoms with Crippen molar-refractivity contribution in [3.05, 3.63) is 102 Å². The van der Waals surface area contributed by atoms with Gasteiger partial charge >= 0.3 is 35.8 Å². The van der Waals surface area contributed by atoms with Gasteiger partial charge in [-0.15, -0.1) is 0 Å². The highest BCUT2D eigenvalue weighted by Gasteiger charge is 2.30. The van der Waals surface area contributed by atoms with Crippen LogP contribution in [0.3, 0.4) is 0 Å². The number of nitrogens with zero attached hydrogens (tertiary/aromatic N) is 5. The Bertz CT molecular complexity index is 2490. The van der Waals surface area contributed by atoms with E-state index in [9.17, 15) is 37.2 Å². The number of piperazine rings is 1. The van der Waals surface area contributed by atoms with Crippen LogP contribution < -0.4 is 10.5 Å². The number of rotatable bonds is 12. The molecule has 2 aliphatic rings. The molecular formula is C42H47ClFN7O14S. The summed E-state index contributed by atoms with van der Waals surface area (Å²) in [6.07, 6.45) is 11.1. The molecule has 9 N–H and O–H groups in total. The number of aliphatic carboxylic acids is 6. The molecule has 354 valence electrons. The first-order chi connectivity index (χ1) is 31.0. The number of benzene rings is 2. The van der Waals surface area contributed by atoms with Gasteiger partial charge in [-0.2, -0.15) is 0 Å². The van der Waals surface area contributed by atoms with Gasteiger partial charge in [-0.3, -0.25) is 9.62 Å². The van der Waals surface area contributed by atoms with Gasteiger partial charge in [0, 0.05) is 91.5 Å². The molecule has 2 aromatic heterocycles. The molecule has 21 nitrogen and oxygen atoms in total. The Morgan fingerprint density at radius 2 is 1.24 bits per heavy atom. The fourth-order valence-corrected chi connectivity index (χ4v) is 8.33. The predicted octanol–water partition coefficient (Wildman–Crippen LogP) is 4.45. The van der Waals surface area contributed by atoms with E-state index >= 15 is 4.39 Å². The van der Waals surface area contributed by atoms with Crippen LogP contribution in [0, 0.1) is 12.7 Å². The molecule has 0 amide bonds. The third-order valence-electron chi connectivity index (χ3n) is 9.89. The van der Waals surface area contributed by atoms with E-state index in [1.54, 1.807) is 25.1 Å². The first-order valence-electron chi connectivity index (χ1n) is 19.5. The molecule has 0 unspecified atom stereocenters. The number of fused-ring (bicyclic) bond motifs is 1. The van der Waals surface area contributed by atoms with Crippen LogP contribution in [0.5, 0.6) is 0 Å². The van der Waals surface area contributed by atoms with E-state index in [2.05, 4.69) is 36.1 Å². The maximum atomic E-state index is 15.4. The van der Waals surface area contributed by atoms with Crippen molar-refractivity contribution in [3.63, 3.8) is 0 Å². The highest BCUT2D eigenvalue weighted by Crippen LogP contribution is 2.40. The van der Waals surface area contributed by atoms with Crippen LogP contribution in [-0.4, -0.2) is 138 Å². The summed E-state index contributed by atoms with van der Waals surface area (Å²) in [6.45, 7) is 6.06. The van der Waals surface area contributed by atoms with E-state index in [4.69, 9.17) is 48.0 Å². The van der Waals surface area contributed by atoms with Gasteiger partial charge in [0.05, 0.1) is 16.0 Å². The van der Waals surface area contributed by atoms with Crippen LogP contribution in [0.1, 0.15) is 37.3 Å². The van der Waals surface area contributed by atoms with Crippen LogP contribution in [0.2, 0.25) is 5.02 Å². The van der Waals surface area contributed by atoms with Crippen molar-refractivity contribution in [2.45, 2.75) is 49.6 Å². The molecule has 4 aromatic rings. The van der Waals surface area contributed by atoms with Crippen LogP contribution in [0.4, 0.5) is 15.9 Å². The second kappa shape index (κ2) is 24.7. The molecule has 0 radical (unpaired) electrons. The van der Waals surface area contributed by atoms with Crippen LogP contribution in [0.25, 0.3) is 22.2 Å². The lowest BCUT2D eigenvalue weighted by Crippen LogP contribution is -2.49. The van der Waals surface area contributed by atoms with E-state index in [1.807, 2.05) is 6.20 Å². The minimum absolute atomic E-state index is 0.00573. The van der Waals surface area contributed by atoms with Gasteiger partial charge in [0.15, 0.2) is 0 Å². The molecule has 66 heavy (non-hydrogen) atoms. The Kier molecular flexibility index (Phi) is 19.9. The summed E-state index contributed by atoms with van der Waals surface area (Å²) >= 11 is 6.12. The number of likely N-dealkylation sites (N-methyl/N-ethyl adjacent to an activating group) is 1. The van der Waals surface area contributed by atoms with Gasteiger partial charge in [-0.1, -0.05) is 23.7 Å². The van der Waals surface area contributed by atoms with Crippen molar-refractivity contribution in [3.8, 4) is 11.1 Å². The summed E-state index contributed by atoms with van der Waals surface area (Å²) in [6, 6.07) is 9.85. The lowest BCUT2D eigenvalue weighted by molar-refractivity contribution is -0.134. The molecule has 1 aliphatic heterocycles. The topological polar surface area (TPSA) is 333 Å². The highest BCUT2D eigenvalue weighted by molar-refractivity contribution is 7.92. The number of sulfonamides is 1. The number of halogens is 2. The minimum atomic E-state index is -4.06. The highest BCUT2D eigenvalue weighted by atomic mass is 35.5. The standard InChI is InChI=1S/C30H35ClFN7O2S.3C4H4O4/c1-19-24(31)4-3-5-27(19)42(40,41)36-26-11-6-20(16-25(26)32)23-17-39(30-28(23)29(33)34-18-35-30)22-9-7-21(8-10-22)38-14-12-37(2)13-15-38;3*5-3(6)1-2-4(7)8/h3-6,11,16-18,21-22,36H,7-10,12-15H2,1-2H3,(H2,33,34,35);3*1-2H,(H,5,6)(H,7,8)/b;3*2-1-. The molecule has 0 atom stereocenters. The Labute approximate surface area is 381 Å². The van der Waals surface area contributed by atoms with Crippen LogP contribution in [0.15, 0.2) is 90.3 Å². The Hall–Kier alpha value is -7.21. The number of nitrogens with two attached hydrogens (primary N) is 1. The first-order valence-corrected chi connectivity index (χ1v) is 21.4. The van der Waals surface area contributed by atoms with E-state index in [-0.39, 0.29) is 16.6 Å². The number of aromatic nitrogens is 3. The molecule has 1 aliphatic carbocycles. The van der Waals surface area contributed by atoms with Crippen LogP contribution >= 0.6 is 11.6 Å². The predicted molar refractivity (Wildman–Crippen MR) is 238 cm³/mol. The smallest absolute Gasteiger partial charge is 0.328 e. The van der Waals surface area contributed by atoms with Crippen molar-refractivity contribution >= 4 is 80.0 Å². The third-order valence-corrected chi connectivity index (χ3v) is 11.8. The number of anilines is 2. The number of hydrogen-bond donors (Lipinski definition) is 8. The van der Waals surface area contributed by atoms with Gasteiger partial charge in [-0.25, -0.2) is 51.5 Å². The molecule has 1 saturated heterocycles. The van der Waals surface area contributed by atoms with Gasteiger partial charge in [0.25, 0.3) is 10.0 Å². The van der Waals surface area contributed by atoms with Crippen molar-refractivity contribution in [2.24, 2.45) is 0 Å². The second-order valence-electron chi connectivity index (χ2n) is 14.4. The summed E-state index contributed by atoms with van der Waals surface area (Å²) in [5.74, 6) is -7.93. The largest absolute Gasteiger partial charge is 0.478 e. The van der Waals surface area contributed by atoms with Crippen molar-refractivity contribution in [2.75, 3.05) is 43.7 Å². The molecule has 2 aromatic carbocycles. The third kappa shape index (κ3) is 16.4. The maximum absolute atomic E-state index is 15.4. The number of carboxylic acid groups (broad SMARTS) is 6. The summed E-state index contributed by atoms with van der Waals surface area (Å²) in [5, 5.41) is 47.9. The molecule has 0 bridgehead atoms. The van der Waals surface area contributed by atoms with Crippen molar-refractivity contribution < 1.29 is 72.2 Å². The normalized spacial score (nSPS) is 16.6. The monoisotopic (exact) mass is 959 g/mol. The molecule has 6 rings (SSSR count). The lowest BCUT2D eigenvalue weighted by Gasteiger charge is -2.41. The fourth-order valence-electron chi connectivity index (χ4n) is 6.77. The zero-order chi connectivity index (χ0) is 49.3. The van der Waals surface area contributed by atoms with E-state index in [1.165, 1.54) is 24.5 Å². The maximum Gasteiger partial charge on any atom is 0.328 e. The molecule has 3 heterocycles. The quantitative estimate of drug-likeness (QED) is 0.0909. The van der Waals surface area contributed by atoms with E-state index in [0.29, 0.717) is 75.4 Å². The van der Waals surface area contributed by atoms with Crippen molar-refractivity contribution in [1.82, 2.24) is 24.3 Å². The number of nitrogen functional groups attached to an aromatic ring is 1. The molecule has 2 fully saturated rings. The van der Waals surface area contributed by atoms with E-state index in [0.717, 1.165) is 57.5 Å². The average molecular weight is 960 g/mol. The Morgan fingerprint density at radius 3 is 1.71 bits per heavy atom. The Morgan fingerprint density at radius 1 is 0.758 bits per heavy atom. The fraction of sp³-hybridized carbons (Fsp3) is 0.286. The SMILES string of the molecule is Cc1c(Cl)cccc1S(=O)(=O)Nc1ccc(-c2cn(C3CCC(N4CCN(C)CC4)CC3)c3ncnc(N)c23)cc1F.O=C(O)/C=C\C(=O)O.O=C(O)/C=C\C(=O)O.O=C(O)/C=C\C(=O)O.